The molecule has 3 aromatic rings. The topological polar surface area (TPSA) is 124 Å². The summed E-state index contributed by atoms with van der Waals surface area (Å²) in [4.78, 5) is 29.6. The predicted octanol–water partition coefficient (Wildman–Crippen LogP) is 3.24. The highest BCUT2D eigenvalue weighted by Crippen LogP contribution is 2.28. The van der Waals surface area contributed by atoms with E-state index in [4.69, 9.17) is 22.9 Å². The van der Waals surface area contributed by atoms with E-state index in [0.29, 0.717) is 22.0 Å². The molecule has 0 bridgehead atoms. The second-order valence-electron chi connectivity index (χ2n) is 6.30. The zero-order valence-electron chi connectivity index (χ0n) is 15.7. The minimum atomic E-state index is -1.10. The fourth-order valence-corrected chi connectivity index (χ4v) is 3.06. The number of carboxylic acids is 1. The number of carbonyl (C=O) groups excluding carboxylic acids is 1. The van der Waals surface area contributed by atoms with Crippen LogP contribution in [-0.2, 0) is 11.3 Å². The van der Waals surface area contributed by atoms with Crippen LogP contribution in [0.3, 0.4) is 0 Å². The molecule has 4 N–H and O–H groups in total. The number of nitrogens with one attached hydrogen (secondary N) is 1. The van der Waals surface area contributed by atoms with E-state index in [2.05, 4.69) is 4.98 Å². The molecule has 0 fully saturated rings. The van der Waals surface area contributed by atoms with E-state index in [1.165, 1.54) is 11.1 Å². The lowest BCUT2D eigenvalue weighted by atomic mass is 10.1. The molecular weight excluding hydrogens is 429 g/mol. The summed E-state index contributed by atoms with van der Waals surface area (Å²) in [6, 6.07) is 14.0. The molecule has 0 unspecified atom stereocenters. The standard InChI is InChI=1S/C20H18ClN5O3.ClH/c21-26(20(22)23)17-10-24-9-15-8-14(6-7-16(15)17)19(29)25(12-18(27)28)11-13-4-2-1-3-5-13;/h1-10H,11-12H2,(H3,22,23)(H,27,28);1H. The number of amides is 1. The van der Waals surface area contributed by atoms with Crippen molar-refractivity contribution in [3.63, 3.8) is 0 Å². The molecule has 1 amide bonds. The van der Waals surface area contributed by atoms with E-state index in [1.807, 2.05) is 30.3 Å². The molecule has 1 aromatic heterocycles. The summed E-state index contributed by atoms with van der Waals surface area (Å²) in [6.45, 7) is -0.258. The molecule has 0 radical (unpaired) electrons. The molecular formula is C20H19Cl2N5O3. The summed E-state index contributed by atoms with van der Waals surface area (Å²) in [5, 5.41) is 18.0. The molecule has 0 saturated heterocycles. The maximum Gasteiger partial charge on any atom is 0.323 e. The average molecular weight is 448 g/mol. The number of guanidine groups is 1. The van der Waals surface area contributed by atoms with Crippen LogP contribution in [0.2, 0.25) is 0 Å². The Morgan fingerprint density at radius 1 is 1.13 bits per heavy atom. The Morgan fingerprint density at radius 2 is 1.83 bits per heavy atom. The number of anilines is 1. The number of aromatic nitrogens is 1. The minimum absolute atomic E-state index is 0. The van der Waals surface area contributed by atoms with Crippen LogP contribution < -0.4 is 10.2 Å². The third kappa shape index (κ3) is 5.16. The number of carbonyl (C=O) groups is 2. The largest absolute Gasteiger partial charge is 0.480 e. The Labute approximate surface area is 183 Å². The van der Waals surface area contributed by atoms with Gasteiger partial charge >= 0.3 is 5.97 Å². The summed E-state index contributed by atoms with van der Waals surface area (Å²) < 4.78 is 0.961. The third-order valence-electron chi connectivity index (χ3n) is 4.24. The van der Waals surface area contributed by atoms with Gasteiger partial charge in [-0.3, -0.25) is 20.0 Å². The van der Waals surface area contributed by atoms with Gasteiger partial charge in [0.2, 0.25) is 5.96 Å². The van der Waals surface area contributed by atoms with E-state index in [1.54, 1.807) is 24.4 Å². The van der Waals surface area contributed by atoms with Gasteiger partial charge in [-0.05, 0) is 17.7 Å². The van der Waals surface area contributed by atoms with Crippen LogP contribution in [0.15, 0.2) is 60.9 Å². The van der Waals surface area contributed by atoms with Crippen LogP contribution >= 0.6 is 24.2 Å². The first-order chi connectivity index (χ1) is 13.9. The van der Waals surface area contributed by atoms with Crippen molar-refractivity contribution in [2.45, 2.75) is 6.54 Å². The van der Waals surface area contributed by atoms with Crippen molar-refractivity contribution in [3.8, 4) is 0 Å². The number of hydrogen-bond donors (Lipinski definition) is 3. The molecule has 156 valence electrons. The van der Waals surface area contributed by atoms with E-state index >= 15 is 0 Å². The number of halogens is 2. The second-order valence-corrected chi connectivity index (χ2v) is 6.64. The number of pyridine rings is 1. The fourth-order valence-electron chi connectivity index (χ4n) is 2.93. The lowest BCUT2D eigenvalue weighted by Crippen LogP contribution is -2.35. The second kappa shape index (κ2) is 9.91. The molecule has 8 nitrogen and oxygen atoms in total. The van der Waals surface area contributed by atoms with Crippen LogP contribution in [0.25, 0.3) is 10.8 Å². The van der Waals surface area contributed by atoms with Gasteiger partial charge < -0.3 is 15.7 Å². The number of rotatable bonds is 6. The first-order valence-corrected chi connectivity index (χ1v) is 8.93. The lowest BCUT2D eigenvalue weighted by Gasteiger charge is -2.21. The van der Waals surface area contributed by atoms with Crippen LogP contribution in [0.1, 0.15) is 15.9 Å². The molecule has 1 heterocycles. The van der Waals surface area contributed by atoms with Gasteiger partial charge in [-0.2, -0.15) is 0 Å². The zero-order chi connectivity index (χ0) is 21.0. The summed E-state index contributed by atoms with van der Waals surface area (Å²) in [5.41, 5.74) is 6.98. The fraction of sp³-hybridized carbons (Fsp3) is 0.100. The number of fused-ring (bicyclic) bond motifs is 1. The molecule has 0 spiro atoms. The summed E-state index contributed by atoms with van der Waals surface area (Å²) >= 11 is 6.02. The van der Waals surface area contributed by atoms with Gasteiger partial charge in [-0.25, -0.2) is 4.42 Å². The number of aliphatic carboxylic acids is 1. The number of carboxylic acid groups (broad SMARTS) is 1. The van der Waals surface area contributed by atoms with Crippen LogP contribution in [-0.4, -0.2) is 39.4 Å². The zero-order valence-corrected chi connectivity index (χ0v) is 17.2. The molecule has 3 rings (SSSR count). The van der Waals surface area contributed by atoms with Crippen molar-refractivity contribution < 1.29 is 14.7 Å². The molecule has 0 aliphatic carbocycles. The summed E-state index contributed by atoms with van der Waals surface area (Å²) in [5.74, 6) is -1.88. The Morgan fingerprint density at radius 3 is 2.47 bits per heavy atom. The smallest absolute Gasteiger partial charge is 0.323 e. The van der Waals surface area contributed by atoms with Crippen molar-refractivity contribution in [1.29, 1.82) is 5.41 Å². The normalized spacial score (nSPS) is 10.2. The minimum Gasteiger partial charge on any atom is -0.480 e. The highest BCUT2D eigenvalue weighted by Gasteiger charge is 2.20. The van der Waals surface area contributed by atoms with Gasteiger partial charge in [0.1, 0.15) is 6.54 Å². The van der Waals surface area contributed by atoms with E-state index in [-0.39, 0.29) is 24.9 Å². The van der Waals surface area contributed by atoms with E-state index in [9.17, 15) is 14.7 Å². The molecule has 0 atom stereocenters. The van der Waals surface area contributed by atoms with E-state index in [0.717, 1.165) is 9.98 Å². The molecule has 0 aliphatic heterocycles. The molecule has 0 aliphatic rings. The lowest BCUT2D eigenvalue weighted by molar-refractivity contribution is -0.137. The van der Waals surface area contributed by atoms with Gasteiger partial charge in [-0.15, -0.1) is 12.4 Å². The first kappa shape index (κ1) is 22.9. The van der Waals surface area contributed by atoms with Crippen molar-refractivity contribution in [2.75, 3.05) is 11.0 Å². The van der Waals surface area contributed by atoms with E-state index < -0.39 is 18.4 Å². The average Bonchev–Trinajstić information content (AvgIpc) is 2.71. The third-order valence-corrected chi connectivity index (χ3v) is 4.60. The van der Waals surface area contributed by atoms with Crippen molar-refractivity contribution in [1.82, 2.24) is 9.88 Å². The van der Waals surface area contributed by atoms with Crippen LogP contribution in [0.5, 0.6) is 0 Å². The maximum absolute atomic E-state index is 13.0. The number of nitrogens with two attached hydrogens (primary N) is 1. The number of nitrogens with zero attached hydrogens (tertiary/aromatic N) is 3. The molecule has 2 aromatic carbocycles. The van der Waals surface area contributed by atoms with Gasteiger partial charge in [-0.1, -0.05) is 36.4 Å². The highest BCUT2D eigenvalue weighted by atomic mass is 35.5. The molecule has 10 heteroatoms. The van der Waals surface area contributed by atoms with Gasteiger partial charge in [0, 0.05) is 40.9 Å². The SMILES string of the molecule is Cl.N=C(N)N(Cl)c1cncc2cc(C(=O)N(CC(=O)O)Cc3ccccc3)ccc12. The summed E-state index contributed by atoms with van der Waals surface area (Å²) in [6.07, 6.45) is 3.02. The number of benzene rings is 2. The summed E-state index contributed by atoms with van der Waals surface area (Å²) in [7, 11) is 0. The first-order valence-electron chi connectivity index (χ1n) is 8.59. The predicted molar refractivity (Wildman–Crippen MR) is 118 cm³/mol. The van der Waals surface area contributed by atoms with Crippen molar-refractivity contribution in [3.05, 3.63) is 72.1 Å². The molecule has 0 saturated carbocycles. The molecule has 30 heavy (non-hydrogen) atoms. The van der Waals surface area contributed by atoms with Crippen molar-refractivity contribution in [2.24, 2.45) is 5.73 Å². The Hall–Kier alpha value is -3.36. The van der Waals surface area contributed by atoms with Gasteiger partial charge in [0.05, 0.1) is 11.9 Å². The Kier molecular flexibility index (Phi) is 7.57. The Bertz CT molecular complexity index is 1080. The maximum atomic E-state index is 13.0. The Balaban J connectivity index is 0.00000320. The van der Waals surface area contributed by atoms with Crippen LogP contribution in [0.4, 0.5) is 5.69 Å². The monoisotopic (exact) mass is 447 g/mol. The highest BCUT2D eigenvalue weighted by molar-refractivity contribution is 6.38. The number of hydrogen-bond acceptors (Lipinski definition) is 4. The van der Waals surface area contributed by atoms with Crippen LogP contribution in [0, 0.1) is 5.41 Å². The quantitative estimate of drug-likeness (QED) is 0.302. The van der Waals surface area contributed by atoms with Crippen molar-refractivity contribution >= 4 is 58.5 Å². The van der Waals surface area contributed by atoms with Gasteiger partial charge in [0.25, 0.3) is 5.91 Å². The van der Waals surface area contributed by atoms with Gasteiger partial charge in [0.15, 0.2) is 0 Å².